The molecule has 14 nitrogen and oxygen atoms in total. The molecule has 4 aromatic rings. The predicted octanol–water partition coefficient (Wildman–Crippen LogP) is 1.22. The zero-order valence-electron chi connectivity index (χ0n) is 26.7. The normalized spacial score (nSPS) is 12.1. The van der Waals surface area contributed by atoms with Crippen LogP contribution >= 0.6 is 0 Å². The Kier molecular flexibility index (Phi) is 25.6. The van der Waals surface area contributed by atoms with Gasteiger partial charge in [-0.2, -0.15) is 0 Å². The molecule has 1 fully saturated rings. The number of aliphatic hydroxyl groups excluding tert-OH is 2. The van der Waals surface area contributed by atoms with Crippen molar-refractivity contribution in [2.24, 2.45) is 9.98 Å². The van der Waals surface area contributed by atoms with Gasteiger partial charge in [0.2, 0.25) is 0 Å². The average Bonchev–Trinajstić information content (AvgIpc) is 3.10. The third-order valence-corrected chi connectivity index (χ3v) is 7.52. The maximum Gasteiger partial charge on any atom is 2.00 e. The van der Waals surface area contributed by atoms with Gasteiger partial charge in [-0.15, -0.1) is 11.5 Å². The number of hydrogen-bond donors (Lipinski definition) is 4. The predicted molar refractivity (Wildman–Crippen MR) is 177 cm³/mol. The largest absolute Gasteiger partial charge is 2.00 e. The molecule has 0 atom stereocenters. The van der Waals surface area contributed by atoms with Crippen molar-refractivity contribution in [3.05, 3.63) is 108 Å². The standard InChI is InChI=1S/2C13H11NO4S.C4H10N2.2CH4O.2Cu/c2*15-12-7-3-1-5-10(12)9-14-11-6-2-4-8-13(11)19(16,17)18;1-2-6-4-3-5-1;2*1-2;;/h2*1-9,15H,(H,16,17,18);5-6H,1-4H2;2*2H,1H3;;/q;;;;;2*+2/p-4. The molecule has 0 aromatic heterocycles. The molecule has 0 aliphatic carbocycles. The SMILES string of the molecule is C1CNCCN1.CO.CO.O=S(=O)([O-])c1ccccc1N=Cc1ccccc1[O-].O=S(=O)([O-])c1ccccc1N=Cc1ccccc1[O-].[Cu+2].[Cu+2]. The Morgan fingerprint density at radius 3 is 1.10 bits per heavy atom. The molecule has 4 N–H and O–H groups in total. The molecule has 5 rings (SSSR count). The summed E-state index contributed by atoms with van der Waals surface area (Å²) in [6.07, 6.45) is 2.48. The van der Waals surface area contributed by atoms with Crippen LogP contribution in [0.25, 0.3) is 0 Å². The molecule has 1 saturated heterocycles. The van der Waals surface area contributed by atoms with Crippen molar-refractivity contribution in [1.29, 1.82) is 0 Å². The Morgan fingerprint density at radius 1 is 0.540 bits per heavy atom. The van der Waals surface area contributed by atoms with Crippen LogP contribution in [0.2, 0.25) is 0 Å². The molecule has 0 spiro atoms. The molecule has 1 aliphatic heterocycles. The summed E-state index contributed by atoms with van der Waals surface area (Å²) in [4.78, 5) is 6.98. The van der Waals surface area contributed by atoms with Gasteiger partial charge in [0.25, 0.3) is 0 Å². The fraction of sp³-hybridized carbons (Fsp3) is 0.188. The van der Waals surface area contributed by atoms with Crippen molar-refractivity contribution >= 4 is 44.0 Å². The van der Waals surface area contributed by atoms with Gasteiger partial charge >= 0.3 is 34.1 Å². The summed E-state index contributed by atoms with van der Waals surface area (Å²) < 4.78 is 66.2. The number of hydrogen-bond acceptors (Lipinski definition) is 14. The molecule has 1 aliphatic rings. The van der Waals surface area contributed by atoms with E-state index < -0.39 is 30.0 Å². The van der Waals surface area contributed by atoms with Gasteiger partial charge in [-0.05, 0) is 35.4 Å². The van der Waals surface area contributed by atoms with E-state index in [1.165, 1.54) is 61.0 Å². The van der Waals surface area contributed by atoms with Crippen molar-refractivity contribution < 1.29 is 80.5 Å². The first-order valence-corrected chi connectivity index (χ1v) is 16.8. The molecule has 18 heteroatoms. The van der Waals surface area contributed by atoms with E-state index in [9.17, 15) is 36.2 Å². The Balaban J connectivity index is 0. The quantitative estimate of drug-likeness (QED) is 0.122. The summed E-state index contributed by atoms with van der Waals surface area (Å²) in [5.74, 6) is -0.456. The average molecular weight is 828 g/mol. The fourth-order valence-corrected chi connectivity index (χ4v) is 4.85. The van der Waals surface area contributed by atoms with Crippen LogP contribution in [-0.4, -0.2) is 89.0 Å². The number of para-hydroxylation sites is 4. The van der Waals surface area contributed by atoms with Crippen LogP contribution in [0.15, 0.2) is 117 Å². The van der Waals surface area contributed by atoms with Gasteiger partial charge in [0.1, 0.15) is 20.2 Å². The second kappa shape index (κ2) is 26.3. The van der Waals surface area contributed by atoms with E-state index >= 15 is 0 Å². The minimum absolute atomic E-state index is 0. The minimum Gasteiger partial charge on any atom is -0.872 e. The van der Waals surface area contributed by atoms with Crippen molar-refractivity contribution in [2.75, 3.05) is 40.4 Å². The molecule has 50 heavy (non-hydrogen) atoms. The van der Waals surface area contributed by atoms with Gasteiger partial charge in [0.15, 0.2) is 0 Å². The first kappa shape index (κ1) is 48.6. The number of benzene rings is 4. The van der Waals surface area contributed by atoms with Crippen LogP contribution in [0.4, 0.5) is 11.4 Å². The second-order valence-corrected chi connectivity index (χ2v) is 11.6. The molecule has 2 radical (unpaired) electrons. The molecular weight excluding hydrogens is 792 g/mol. The van der Waals surface area contributed by atoms with Gasteiger partial charge in [0, 0.05) is 52.8 Å². The summed E-state index contributed by atoms with van der Waals surface area (Å²) in [5.41, 5.74) is 0.669. The van der Waals surface area contributed by atoms with Crippen molar-refractivity contribution in [3.63, 3.8) is 0 Å². The molecule has 0 unspecified atom stereocenters. The van der Waals surface area contributed by atoms with Crippen LogP contribution in [0.5, 0.6) is 11.5 Å². The van der Waals surface area contributed by atoms with Gasteiger partial charge in [-0.3, -0.25) is 9.98 Å². The topological polar surface area (TPSA) is 250 Å². The van der Waals surface area contributed by atoms with Gasteiger partial charge < -0.3 is 40.2 Å². The zero-order valence-corrected chi connectivity index (χ0v) is 30.2. The van der Waals surface area contributed by atoms with Gasteiger partial charge in [0.05, 0.1) is 21.2 Å². The Labute approximate surface area is 313 Å². The van der Waals surface area contributed by atoms with Crippen molar-refractivity contribution in [3.8, 4) is 11.5 Å². The van der Waals surface area contributed by atoms with E-state index in [4.69, 9.17) is 10.2 Å². The molecule has 278 valence electrons. The third-order valence-electron chi connectivity index (χ3n) is 5.75. The molecule has 0 bridgehead atoms. The summed E-state index contributed by atoms with van der Waals surface area (Å²) in [5, 5.41) is 43.3. The Morgan fingerprint density at radius 2 is 0.820 bits per heavy atom. The van der Waals surface area contributed by atoms with E-state index in [2.05, 4.69) is 20.6 Å². The molecule has 0 amide bonds. The summed E-state index contributed by atoms with van der Waals surface area (Å²) in [7, 11) is -7.18. The second-order valence-electron chi connectivity index (χ2n) is 8.94. The summed E-state index contributed by atoms with van der Waals surface area (Å²) >= 11 is 0. The van der Waals surface area contributed by atoms with Crippen LogP contribution < -0.4 is 20.8 Å². The van der Waals surface area contributed by atoms with Gasteiger partial charge in [-0.25, -0.2) is 16.8 Å². The monoisotopic (exact) mass is 826 g/mol. The third kappa shape index (κ3) is 18.0. The van der Waals surface area contributed by atoms with Crippen molar-refractivity contribution in [1.82, 2.24) is 10.6 Å². The Bertz CT molecular complexity index is 1690. The van der Waals surface area contributed by atoms with Crippen LogP contribution in [0.3, 0.4) is 0 Å². The fourth-order valence-electron chi connectivity index (χ4n) is 3.61. The van der Waals surface area contributed by atoms with Crippen LogP contribution in [0.1, 0.15) is 11.1 Å². The molecule has 4 aromatic carbocycles. The molecule has 1 heterocycles. The van der Waals surface area contributed by atoms with Crippen LogP contribution in [-0.2, 0) is 54.4 Å². The number of aliphatic imine (C=N–C) groups is 2. The smallest absolute Gasteiger partial charge is 0.872 e. The maximum atomic E-state index is 11.5. The molecular formula is C32H36Cu2N4O10S2. The van der Waals surface area contributed by atoms with E-state index in [-0.39, 0.29) is 57.0 Å². The van der Waals surface area contributed by atoms with Crippen LogP contribution in [0, 0.1) is 0 Å². The number of piperazine rings is 1. The van der Waals surface area contributed by atoms with E-state index in [0.717, 1.165) is 40.4 Å². The van der Waals surface area contributed by atoms with Crippen molar-refractivity contribution in [2.45, 2.75) is 9.79 Å². The van der Waals surface area contributed by atoms with Gasteiger partial charge in [-0.1, -0.05) is 72.8 Å². The number of rotatable bonds is 6. The summed E-state index contributed by atoms with van der Waals surface area (Å²) in [6.45, 7) is 4.56. The van der Waals surface area contributed by atoms with E-state index in [1.807, 2.05) is 0 Å². The van der Waals surface area contributed by atoms with E-state index in [0.29, 0.717) is 11.1 Å². The number of aliphatic hydroxyl groups is 2. The van der Waals surface area contributed by atoms with E-state index in [1.54, 1.807) is 48.5 Å². The number of nitrogens with one attached hydrogen (secondary N) is 2. The first-order valence-electron chi connectivity index (χ1n) is 14.0. The zero-order chi connectivity index (χ0) is 36.0. The summed E-state index contributed by atoms with van der Waals surface area (Å²) in [6, 6.07) is 23.5. The number of nitrogens with zero attached hydrogens (tertiary/aromatic N) is 2. The minimum atomic E-state index is -4.59. The molecule has 0 saturated carbocycles. The first-order chi connectivity index (χ1) is 23.0. The maximum absolute atomic E-state index is 11.5. The Hall–Kier alpha value is -3.48.